The van der Waals surface area contributed by atoms with Gasteiger partial charge in [-0.2, -0.15) is 0 Å². The van der Waals surface area contributed by atoms with Crippen molar-refractivity contribution in [2.45, 2.75) is 25.4 Å². The fourth-order valence-corrected chi connectivity index (χ4v) is 8.67. The molecule has 26 heavy (non-hydrogen) atoms. The first-order chi connectivity index (χ1) is 12.7. The molecule has 0 aromatic carbocycles. The predicted octanol–water partition coefficient (Wildman–Crippen LogP) is 6.23. The number of rotatable bonds is 1. The molecule has 0 spiro atoms. The predicted molar refractivity (Wildman–Crippen MR) is 110 cm³/mol. The van der Waals surface area contributed by atoms with Crippen molar-refractivity contribution < 1.29 is 20.8 Å². The van der Waals surface area contributed by atoms with Gasteiger partial charge in [-0.15, -0.1) is 0 Å². The monoisotopic (exact) mass is 472 g/mol. The van der Waals surface area contributed by atoms with Crippen molar-refractivity contribution in [3.05, 3.63) is 109 Å². The molecule has 128 valence electrons. The van der Waals surface area contributed by atoms with Gasteiger partial charge in [0.1, 0.15) is 0 Å². The molecule has 1 unspecified atom stereocenters. The summed E-state index contributed by atoms with van der Waals surface area (Å²) in [6, 6.07) is 1.38. The SMILES string of the molecule is C[Si]1([C]2[CH][C]3C=CC=C[C]3[CH]2)CCC[C]2[C]3C=CC=C[C]3[CH][C]21.[Cl][Zr+2][Cl]. The molecular weight excluding hydrogens is 454 g/mol. The van der Waals surface area contributed by atoms with Gasteiger partial charge in [-0.05, 0) is 42.7 Å². The average molecular weight is 475 g/mol. The second-order valence-electron chi connectivity index (χ2n) is 7.25. The molecule has 10 radical (unpaired) electrons. The Hall–Kier alpha value is 0.640. The Morgan fingerprint density at radius 3 is 2.08 bits per heavy atom. The van der Waals surface area contributed by atoms with E-state index in [1.54, 1.807) is 17.0 Å². The van der Waals surface area contributed by atoms with Gasteiger partial charge >= 0.3 is 37.9 Å². The minimum atomic E-state index is -1.60. The van der Waals surface area contributed by atoms with Crippen LogP contribution in [0, 0.1) is 59.9 Å². The summed E-state index contributed by atoms with van der Waals surface area (Å²) in [7, 11) is 8.27. The van der Waals surface area contributed by atoms with Crippen molar-refractivity contribution in [1.82, 2.24) is 0 Å². The zero-order valence-electron chi connectivity index (χ0n) is 14.7. The summed E-state index contributed by atoms with van der Waals surface area (Å²) in [5, 5.41) is 0. The first-order valence-electron chi connectivity index (χ1n) is 8.97. The van der Waals surface area contributed by atoms with Crippen LogP contribution in [-0.2, 0) is 20.8 Å². The standard InChI is InChI=1S/C22H20Si.2ClH.Zr/c1-23(19-13-16-7-2-3-8-17(16)14-19)12-6-11-21-20-10-5-4-9-18(20)15-22(21)23;;;/h2-5,7-10,13-15H,6,11-12H2,1H3;2*1H;/q;;;+4/p-2. The van der Waals surface area contributed by atoms with Crippen molar-refractivity contribution in [1.29, 1.82) is 0 Å². The van der Waals surface area contributed by atoms with Gasteiger partial charge < -0.3 is 0 Å². The van der Waals surface area contributed by atoms with Gasteiger partial charge in [0.15, 0.2) is 0 Å². The summed E-state index contributed by atoms with van der Waals surface area (Å²) >= 11 is -0.826. The van der Waals surface area contributed by atoms with Crippen LogP contribution in [0.1, 0.15) is 12.8 Å². The molecule has 3 fully saturated rings. The van der Waals surface area contributed by atoms with Crippen LogP contribution < -0.4 is 0 Å². The van der Waals surface area contributed by atoms with Crippen LogP contribution in [0.15, 0.2) is 48.6 Å². The molecule has 0 N–H and O–H groups in total. The van der Waals surface area contributed by atoms with Crippen LogP contribution in [0.2, 0.25) is 12.6 Å². The third-order valence-electron chi connectivity index (χ3n) is 5.86. The first-order valence-corrected chi connectivity index (χ1v) is 18.0. The fourth-order valence-electron chi connectivity index (χ4n) is 4.57. The van der Waals surface area contributed by atoms with Crippen LogP contribution in [-0.4, -0.2) is 8.07 Å². The third-order valence-corrected chi connectivity index (χ3v) is 10.4. The number of fused-ring (bicyclic) bond motifs is 4. The molecule has 0 aromatic rings. The molecule has 1 atom stereocenters. The molecule has 0 bridgehead atoms. The van der Waals surface area contributed by atoms with Gasteiger partial charge in [0.05, 0.1) is 8.07 Å². The summed E-state index contributed by atoms with van der Waals surface area (Å²) < 4.78 is 0. The molecule has 0 nitrogen and oxygen atoms in total. The first kappa shape index (κ1) is 19.9. The Bertz CT molecular complexity index is 608. The van der Waals surface area contributed by atoms with Crippen molar-refractivity contribution in [2.75, 3.05) is 0 Å². The van der Waals surface area contributed by atoms with Crippen molar-refractivity contribution in [3.63, 3.8) is 0 Å². The molecule has 1 saturated heterocycles. The minimum absolute atomic E-state index is 0.826. The van der Waals surface area contributed by atoms with Crippen LogP contribution in [0.3, 0.4) is 0 Å². The number of hydrogen-bond acceptors (Lipinski definition) is 0. The molecule has 1 heterocycles. The van der Waals surface area contributed by atoms with E-state index in [0.29, 0.717) is 0 Å². The van der Waals surface area contributed by atoms with Crippen molar-refractivity contribution in [3.8, 4) is 0 Å². The van der Waals surface area contributed by atoms with Crippen LogP contribution in [0.25, 0.3) is 0 Å². The molecule has 1 aliphatic heterocycles. The summed E-state index contributed by atoms with van der Waals surface area (Å²) in [6.45, 7) is 2.58. The maximum absolute atomic E-state index is 4.93. The zero-order chi connectivity index (χ0) is 18.1. The number of allylic oxidation sites excluding steroid dienone is 8. The average Bonchev–Trinajstić information content (AvgIpc) is 3.25. The quantitative estimate of drug-likeness (QED) is 0.396. The van der Waals surface area contributed by atoms with Crippen molar-refractivity contribution >= 4 is 25.1 Å². The van der Waals surface area contributed by atoms with E-state index in [0.717, 1.165) is 0 Å². The van der Waals surface area contributed by atoms with E-state index in [9.17, 15) is 0 Å². The molecule has 4 aliphatic carbocycles. The summed E-state index contributed by atoms with van der Waals surface area (Å²) in [5.41, 5.74) is 3.32. The van der Waals surface area contributed by atoms with Crippen LogP contribution >= 0.6 is 17.0 Å². The van der Waals surface area contributed by atoms with E-state index in [2.05, 4.69) is 74.4 Å². The Morgan fingerprint density at radius 1 is 0.846 bits per heavy atom. The molecule has 4 heteroatoms. The third kappa shape index (κ3) is 3.62. The molecule has 5 aliphatic rings. The summed E-state index contributed by atoms with van der Waals surface area (Å²) in [6.07, 6.45) is 27.8. The van der Waals surface area contributed by atoms with Gasteiger partial charge in [0, 0.05) is 23.7 Å². The Balaban J connectivity index is 0.000000527. The van der Waals surface area contributed by atoms with Crippen LogP contribution in [0.5, 0.6) is 0 Å². The van der Waals surface area contributed by atoms with E-state index in [-0.39, 0.29) is 0 Å². The van der Waals surface area contributed by atoms with E-state index in [4.69, 9.17) is 17.0 Å². The van der Waals surface area contributed by atoms with E-state index in [1.165, 1.54) is 42.6 Å². The second-order valence-corrected chi connectivity index (χ2v) is 15.3. The van der Waals surface area contributed by atoms with Crippen molar-refractivity contribution in [2.24, 2.45) is 0 Å². The molecule has 0 aromatic heterocycles. The molecule has 2 saturated carbocycles. The second kappa shape index (κ2) is 8.56. The van der Waals surface area contributed by atoms with Gasteiger partial charge in [-0.3, -0.25) is 0 Å². The Labute approximate surface area is 178 Å². The summed E-state index contributed by atoms with van der Waals surface area (Å²) in [5.74, 6) is 7.39. The zero-order valence-corrected chi connectivity index (χ0v) is 19.7. The van der Waals surface area contributed by atoms with Gasteiger partial charge in [0.2, 0.25) is 0 Å². The van der Waals surface area contributed by atoms with E-state index < -0.39 is 28.9 Å². The van der Waals surface area contributed by atoms with Gasteiger partial charge in [-0.25, -0.2) is 0 Å². The Morgan fingerprint density at radius 2 is 1.42 bits per heavy atom. The van der Waals surface area contributed by atoms with E-state index >= 15 is 0 Å². The molecule has 5 rings (SSSR count). The van der Waals surface area contributed by atoms with Gasteiger partial charge in [-0.1, -0.05) is 67.6 Å². The van der Waals surface area contributed by atoms with Gasteiger partial charge in [0.25, 0.3) is 0 Å². The fraction of sp³-hybridized carbons (Fsp3) is 0.182. The van der Waals surface area contributed by atoms with E-state index in [1.807, 2.05) is 0 Å². The molecular formula is C22H20Cl2SiZr+2. The van der Waals surface area contributed by atoms with Crippen LogP contribution in [0.4, 0.5) is 0 Å². The molecule has 0 amide bonds. The number of halogens is 2. The Kier molecular flexibility index (Phi) is 6.56. The topological polar surface area (TPSA) is 0 Å². The summed E-state index contributed by atoms with van der Waals surface area (Å²) in [4.78, 5) is 0. The number of hydrogen-bond donors (Lipinski definition) is 0. The maximum atomic E-state index is 4.93. The normalized spacial score (nSPS) is 32.9.